The van der Waals surface area contributed by atoms with E-state index >= 15 is 0 Å². The lowest BCUT2D eigenvalue weighted by molar-refractivity contribution is -0.121. The van der Waals surface area contributed by atoms with Gasteiger partial charge in [-0.05, 0) is 24.9 Å². The van der Waals surface area contributed by atoms with Crippen LogP contribution in [0.25, 0.3) is 0 Å². The van der Waals surface area contributed by atoms with Crippen LogP contribution >= 0.6 is 11.6 Å². The molecule has 16 heavy (non-hydrogen) atoms. The molecule has 2 unspecified atom stereocenters. The highest BCUT2D eigenvalue weighted by Gasteiger charge is 2.39. The van der Waals surface area contributed by atoms with E-state index < -0.39 is 10.8 Å². The summed E-state index contributed by atoms with van der Waals surface area (Å²) in [5, 5.41) is 3.35. The van der Waals surface area contributed by atoms with E-state index in [9.17, 15) is 4.79 Å². The maximum Gasteiger partial charge on any atom is 0.238 e. The summed E-state index contributed by atoms with van der Waals surface area (Å²) in [6, 6.07) is 10.1. The average molecular weight is 239 g/mol. The number of benzene rings is 1. The Morgan fingerprint density at radius 2 is 2.12 bits per heavy atom. The molecular formula is C12H15ClN2O. The van der Waals surface area contributed by atoms with Crippen LogP contribution in [0, 0.1) is 0 Å². The molecular weight excluding hydrogens is 224 g/mol. The first-order valence-electron chi connectivity index (χ1n) is 5.39. The summed E-state index contributed by atoms with van der Waals surface area (Å²) in [6.07, 6.45) is 1.14. The molecule has 0 radical (unpaired) electrons. The van der Waals surface area contributed by atoms with Gasteiger partial charge in [-0.2, -0.15) is 0 Å². The fraction of sp³-hybridized carbons (Fsp3) is 0.417. The first kappa shape index (κ1) is 11.4. The number of hydrogen-bond donors (Lipinski definition) is 2. The third kappa shape index (κ3) is 2.20. The van der Waals surface area contributed by atoms with E-state index in [1.807, 2.05) is 30.3 Å². The maximum atomic E-state index is 11.3. The second kappa shape index (κ2) is 4.44. The minimum Gasteiger partial charge on any atom is -0.368 e. The molecule has 1 aromatic rings. The van der Waals surface area contributed by atoms with E-state index in [4.69, 9.17) is 17.3 Å². The largest absolute Gasteiger partial charge is 0.368 e. The van der Waals surface area contributed by atoms with Gasteiger partial charge in [0.2, 0.25) is 5.91 Å². The van der Waals surface area contributed by atoms with Crippen LogP contribution in [0.5, 0.6) is 0 Å². The molecule has 0 aromatic heterocycles. The van der Waals surface area contributed by atoms with E-state index in [-0.39, 0.29) is 6.04 Å². The van der Waals surface area contributed by atoms with Crippen molar-refractivity contribution in [3.63, 3.8) is 0 Å². The van der Waals surface area contributed by atoms with Crippen molar-refractivity contribution in [1.29, 1.82) is 0 Å². The molecule has 1 fully saturated rings. The van der Waals surface area contributed by atoms with Crippen molar-refractivity contribution in [3.8, 4) is 0 Å². The Labute approximate surface area is 100.0 Å². The second-order valence-electron chi connectivity index (χ2n) is 4.20. The smallest absolute Gasteiger partial charge is 0.238 e. The predicted octanol–water partition coefficient (Wildman–Crippen LogP) is 1.57. The van der Waals surface area contributed by atoms with Crippen LogP contribution in [0.15, 0.2) is 30.3 Å². The zero-order valence-corrected chi connectivity index (χ0v) is 9.70. The standard InChI is InChI=1S/C12H15ClN2O/c13-12(11(14)16)6-7-15-10(8-12)9-4-2-1-3-5-9/h1-5,10,15H,6-8H2,(H2,14,16). The van der Waals surface area contributed by atoms with E-state index in [0.29, 0.717) is 19.4 Å². The summed E-state index contributed by atoms with van der Waals surface area (Å²) in [4.78, 5) is 10.4. The van der Waals surface area contributed by atoms with Gasteiger partial charge in [-0.1, -0.05) is 30.3 Å². The summed E-state index contributed by atoms with van der Waals surface area (Å²) in [6.45, 7) is 0.714. The molecule has 2 rings (SSSR count). The number of alkyl halides is 1. The summed E-state index contributed by atoms with van der Waals surface area (Å²) in [5.74, 6) is -0.420. The fourth-order valence-corrected chi connectivity index (χ4v) is 2.34. The average Bonchev–Trinajstić information content (AvgIpc) is 2.30. The van der Waals surface area contributed by atoms with Gasteiger partial charge >= 0.3 is 0 Å². The molecule has 2 atom stereocenters. The first-order valence-corrected chi connectivity index (χ1v) is 5.77. The van der Waals surface area contributed by atoms with Crippen LogP contribution in [-0.4, -0.2) is 17.3 Å². The minimum absolute atomic E-state index is 0.111. The van der Waals surface area contributed by atoms with Crippen molar-refractivity contribution in [1.82, 2.24) is 5.32 Å². The van der Waals surface area contributed by atoms with Gasteiger partial charge in [0.1, 0.15) is 4.87 Å². The molecule has 4 heteroatoms. The van der Waals surface area contributed by atoms with Crippen LogP contribution in [0.2, 0.25) is 0 Å². The van der Waals surface area contributed by atoms with Crippen LogP contribution in [0.4, 0.5) is 0 Å². The van der Waals surface area contributed by atoms with Gasteiger partial charge in [-0.25, -0.2) is 0 Å². The number of carbonyl (C=O) groups is 1. The highest BCUT2D eigenvalue weighted by atomic mass is 35.5. The number of hydrogen-bond acceptors (Lipinski definition) is 2. The van der Waals surface area contributed by atoms with Crippen molar-refractivity contribution in [2.45, 2.75) is 23.8 Å². The van der Waals surface area contributed by atoms with Gasteiger partial charge in [0.05, 0.1) is 0 Å². The van der Waals surface area contributed by atoms with Crippen molar-refractivity contribution >= 4 is 17.5 Å². The molecule has 1 aliphatic rings. The van der Waals surface area contributed by atoms with Crippen LogP contribution in [0.1, 0.15) is 24.4 Å². The van der Waals surface area contributed by atoms with Crippen LogP contribution in [0.3, 0.4) is 0 Å². The summed E-state index contributed by atoms with van der Waals surface area (Å²) in [5.41, 5.74) is 6.49. The number of nitrogens with one attached hydrogen (secondary N) is 1. The maximum absolute atomic E-state index is 11.3. The Morgan fingerprint density at radius 1 is 1.44 bits per heavy atom. The van der Waals surface area contributed by atoms with Crippen molar-refractivity contribution in [2.24, 2.45) is 5.73 Å². The third-order valence-electron chi connectivity index (χ3n) is 3.08. The zero-order valence-electron chi connectivity index (χ0n) is 8.95. The molecule has 3 N–H and O–H groups in total. The van der Waals surface area contributed by atoms with Crippen molar-refractivity contribution in [2.75, 3.05) is 6.54 Å². The highest BCUT2D eigenvalue weighted by molar-refractivity contribution is 6.34. The second-order valence-corrected chi connectivity index (χ2v) is 4.92. The minimum atomic E-state index is -0.897. The van der Waals surface area contributed by atoms with E-state index in [1.54, 1.807) is 0 Å². The van der Waals surface area contributed by atoms with Crippen LogP contribution in [-0.2, 0) is 4.79 Å². The molecule has 1 heterocycles. The Morgan fingerprint density at radius 3 is 2.75 bits per heavy atom. The Balaban J connectivity index is 2.17. The van der Waals surface area contributed by atoms with Gasteiger partial charge in [-0.15, -0.1) is 11.6 Å². The van der Waals surface area contributed by atoms with E-state index in [0.717, 1.165) is 5.56 Å². The number of nitrogens with two attached hydrogens (primary N) is 1. The molecule has 86 valence electrons. The number of rotatable bonds is 2. The van der Waals surface area contributed by atoms with E-state index in [2.05, 4.69) is 5.32 Å². The number of primary amides is 1. The summed E-state index contributed by atoms with van der Waals surface area (Å²) < 4.78 is 0. The lowest BCUT2D eigenvalue weighted by Crippen LogP contribution is -2.48. The first-order chi connectivity index (χ1) is 7.62. The lowest BCUT2D eigenvalue weighted by Gasteiger charge is -2.34. The van der Waals surface area contributed by atoms with Crippen LogP contribution < -0.4 is 11.1 Å². The zero-order chi connectivity index (χ0) is 11.6. The molecule has 0 saturated carbocycles. The molecule has 1 amide bonds. The highest BCUT2D eigenvalue weighted by Crippen LogP contribution is 2.34. The van der Waals surface area contributed by atoms with Crippen molar-refractivity contribution in [3.05, 3.63) is 35.9 Å². The molecule has 0 bridgehead atoms. The van der Waals surface area contributed by atoms with Gasteiger partial charge in [-0.3, -0.25) is 4.79 Å². The number of halogens is 1. The Hall–Kier alpha value is -1.06. The Bertz CT molecular complexity index is 382. The number of piperidine rings is 1. The summed E-state index contributed by atoms with van der Waals surface area (Å²) >= 11 is 6.24. The Kier molecular flexibility index (Phi) is 3.17. The van der Waals surface area contributed by atoms with Gasteiger partial charge in [0.15, 0.2) is 0 Å². The number of amides is 1. The molecule has 1 aromatic carbocycles. The number of carbonyl (C=O) groups excluding carboxylic acids is 1. The van der Waals surface area contributed by atoms with Gasteiger partial charge in [0, 0.05) is 6.04 Å². The normalized spacial score (nSPS) is 29.9. The topological polar surface area (TPSA) is 55.1 Å². The lowest BCUT2D eigenvalue weighted by atomic mass is 9.87. The fourth-order valence-electron chi connectivity index (χ4n) is 2.09. The predicted molar refractivity (Wildman–Crippen MR) is 64.2 cm³/mol. The SMILES string of the molecule is NC(=O)C1(Cl)CCNC(c2ccccc2)C1. The van der Waals surface area contributed by atoms with E-state index in [1.165, 1.54) is 0 Å². The molecule has 0 aliphatic carbocycles. The quantitative estimate of drug-likeness (QED) is 0.769. The monoisotopic (exact) mass is 238 g/mol. The van der Waals surface area contributed by atoms with Gasteiger partial charge in [0.25, 0.3) is 0 Å². The molecule has 3 nitrogen and oxygen atoms in total. The summed E-state index contributed by atoms with van der Waals surface area (Å²) in [7, 11) is 0. The molecule has 1 aliphatic heterocycles. The van der Waals surface area contributed by atoms with Crippen molar-refractivity contribution < 1.29 is 4.79 Å². The molecule has 0 spiro atoms. The van der Waals surface area contributed by atoms with Gasteiger partial charge < -0.3 is 11.1 Å². The molecule has 1 saturated heterocycles. The third-order valence-corrected chi connectivity index (χ3v) is 3.61.